The normalized spacial score (nSPS) is 29.8. The Labute approximate surface area is 133 Å². The van der Waals surface area contributed by atoms with Crippen LogP contribution < -0.4 is 0 Å². The fraction of sp³-hybridized carbons (Fsp3) is 0.667. The van der Waals surface area contributed by atoms with Crippen molar-refractivity contribution in [2.24, 2.45) is 0 Å². The number of rotatable bonds is 6. The molecule has 0 saturated carbocycles. The molecule has 1 aromatic rings. The van der Waals surface area contributed by atoms with Gasteiger partial charge in [-0.3, -0.25) is 4.90 Å². The van der Waals surface area contributed by atoms with Crippen molar-refractivity contribution in [2.45, 2.75) is 38.0 Å². The second kappa shape index (κ2) is 8.06. The van der Waals surface area contributed by atoms with Crippen LogP contribution in [0.25, 0.3) is 0 Å². The predicted octanol–water partition coefficient (Wildman–Crippen LogP) is 2.64. The summed E-state index contributed by atoms with van der Waals surface area (Å²) in [7, 11) is 0. The first-order chi connectivity index (χ1) is 10.8. The summed E-state index contributed by atoms with van der Waals surface area (Å²) in [4.78, 5) is 2.47. The fourth-order valence-electron chi connectivity index (χ4n) is 3.16. The van der Waals surface area contributed by atoms with Crippen molar-refractivity contribution in [3.05, 3.63) is 35.9 Å². The second-order valence-electron chi connectivity index (χ2n) is 6.29. The first kappa shape index (κ1) is 15.9. The maximum absolute atomic E-state index is 5.99. The monoisotopic (exact) mass is 305 g/mol. The van der Waals surface area contributed by atoms with Gasteiger partial charge >= 0.3 is 0 Å². The Bertz CT molecular complexity index is 433. The lowest BCUT2D eigenvalue weighted by atomic mass is 10.1. The molecule has 0 N–H and O–H groups in total. The summed E-state index contributed by atoms with van der Waals surface area (Å²) in [5, 5.41) is 0. The Morgan fingerprint density at radius 1 is 1.23 bits per heavy atom. The van der Waals surface area contributed by atoms with E-state index in [1.807, 2.05) is 6.07 Å². The Morgan fingerprint density at radius 2 is 2.09 bits per heavy atom. The molecule has 2 aliphatic heterocycles. The summed E-state index contributed by atoms with van der Waals surface area (Å²) in [5.74, 6) is 0. The molecule has 0 spiro atoms. The molecule has 4 nitrogen and oxygen atoms in total. The molecule has 2 heterocycles. The van der Waals surface area contributed by atoms with Crippen LogP contribution in [0, 0.1) is 0 Å². The summed E-state index contributed by atoms with van der Waals surface area (Å²) in [6.45, 7) is 7.31. The summed E-state index contributed by atoms with van der Waals surface area (Å²) in [5.41, 5.74) is 1.26. The summed E-state index contributed by atoms with van der Waals surface area (Å²) in [6, 6.07) is 10.9. The molecule has 4 heteroatoms. The van der Waals surface area contributed by atoms with Gasteiger partial charge in [-0.25, -0.2) is 0 Å². The van der Waals surface area contributed by atoms with Crippen LogP contribution in [0.1, 0.15) is 31.4 Å². The molecule has 3 rings (SSSR count). The maximum Gasteiger partial charge on any atom is 0.0952 e. The van der Waals surface area contributed by atoms with Crippen molar-refractivity contribution in [3.63, 3.8) is 0 Å². The van der Waals surface area contributed by atoms with E-state index >= 15 is 0 Å². The van der Waals surface area contributed by atoms with Crippen LogP contribution in [0.4, 0.5) is 0 Å². The van der Waals surface area contributed by atoms with Crippen LogP contribution in [0.15, 0.2) is 30.3 Å². The van der Waals surface area contributed by atoms with Gasteiger partial charge in [0.25, 0.3) is 0 Å². The van der Waals surface area contributed by atoms with Crippen molar-refractivity contribution in [2.75, 3.05) is 39.5 Å². The predicted molar refractivity (Wildman–Crippen MR) is 86.0 cm³/mol. The Hall–Kier alpha value is -0.940. The van der Waals surface area contributed by atoms with E-state index in [1.165, 1.54) is 12.0 Å². The third-order valence-electron chi connectivity index (χ3n) is 4.58. The molecular weight excluding hydrogens is 278 g/mol. The summed E-state index contributed by atoms with van der Waals surface area (Å²) in [6.07, 6.45) is 2.81. The van der Waals surface area contributed by atoms with Crippen LogP contribution in [0.3, 0.4) is 0 Å². The second-order valence-corrected chi connectivity index (χ2v) is 6.29. The smallest absolute Gasteiger partial charge is 0.0952 e. The molecule has 122 valence electrons. The standard InChI is InChI=1S/C18H27NO3/c1-15-13-22-18(16-6-3-2-4-7-16)12-19(15)9-11-20-14-17-8-5-10-21-17/h2-4,6-7,15,17-18H,5,8-14H2,1H3/t15-,17-,18+/m0/s1. The minimum absolute atomic E-state index is 0.176. The molecule has 0 amide bonds. The lowest BCUT2D eigenvalue weighted by Gasteiger charge is -2.38. The highest BCUT2D eigenvalue weighted by Crippen LogP contribution is 2.24. The highest BCUT2D eigenvalue weighted by Gasteiger charge is 2.26. The van der Waals surface area contributed by atoms with Gasteiger partial charge in [0.05, 0.1) is 32.0 Å². The Kier molecular flexibility index (Phi) is 5.84. The van der Waals surface area contributed by atoms with Crippen LogP contribution in [0.5, 0.6) is 0 Å². The van der Waals surface area contributed by atoms with Crippen molar-refractivity contribution in [1.82, 2.24) is 4.90 Å². The molecule has 2 fully saturated rings. The molecule has 0 bridgehead atoms. The van der Waals surface area contributed by atoms with Crippen molar-refractivity contribution < 1.29 is 14.2 Å². The molecule has 2 aliphatic rings. The van der Waals surface area contributed by atoms with Crippen LogP contribution in [-0.4, -0.2) is 56.6 Å². The van der Waals surface area contributed by atoms with Gasteiger partial charge in [-0.1, -0.05) is 30.3 Å². The fourth-order valence-corrected chi connectivity index (χ4v) is 3.16. The molecule has 0 unspecified atom stereocenters. The third-order valence-corrected chi connectivity index (χ3v) is 4.58. The van der Waals surface area contributed by atoms with Gasteiger partial charge in [0.15, 0.2) is 0 Å². The van der Waals surface area contributed by atoms with Crippen LogP contribution in [0.2, 0.25) is 0 Å². The van der Waals surface area contributed by atoms with Gasteiger partial charge in [-0.05, 0) is 25.3 Å². The molecule has 22 heavy (non-hydrogen) atoms. The zero-order valence-corrected chi connectivity index (χ0v) is 13.4. The highest BCUT2D eigenvalue weighted by molar-refractivity contribution is 5.18. The lowest BCUT2D eigenvalue weighted by molar-refractivity contribution is -0.0702. The van der Waals surface area contributed by atoms with Crippen molar-refractivity contribution in [3.8, 4) is 0 Å². The number of benzene rings is 1. The lowest BCUT2D eigenvalue weighted by Crippen LogP contribution is -2.46. The summed E-state index contributed by atoms with van der Waals surface area (Å²) < 4.78 is 17.4. The Balaban J connectivity index is 1.43. The average molecular weight is 305 g/mol. The minimum Gasteiger partial charge on any atom is -0.377 e. The van der Waals surface area contributed by atoms with E-state index in [0.29, 0.717) is 12.1 Å². The number of morpholine rings is 1. The van der Waals surface area contributed by atoms with Gasteiger partial charge in [0.1, 0.15) is 0 Å². The SMILES string of the molecule is C[C@H]1CO[C@@H](c2ccccc2)CN1CCOC[C@@H]1CCCO1. The van der Waals surface area contributed by atoms with Gasteiger partial charge in [0, 0.05) is 25.7 Å². The highest BCUT2D eigenvalue weighted by atomic mass is 16.5. The van der Waals surface area contributed by atoms with Gasteiger partial charge in [0.2, 0.25) is 0 Å². The zero-order valence-electron chi connectivity index (χ0n) is 13.4. The van der Waals surface area contributed by atoms with Gasteiger partial charge < -0.3 is 14.2 Å². The molecular formula is C18H27NO3. The third kappa shape index (κ3) is 4.29. The van der Waals surface area contributed by atoms with Crippen LogP contribution >= 0.6 is 0 Å². The topological polar surface area (TPSA) is 30.9 Å². The number of hydrogen-bond donors (Lipinski definition) is 0. The quantitative estimate of drug-likeness (QED) is 0.756. The first-order valence-electron chi connectivity index (χ1n) is 8.43. The van der Waals surface area contributed by atoms with E-state index < -0.39 is 0 Å². The van der Waals surface area contributed by atoms with Gasteiger partial charge in [-0.2, -0.15) is 0 Å². The molecule has 2 saturated heterocycles. The number of nitrogens with zero attached hydrogens (tertiary/aromatic N) is 1. The molecule has 0 aliphatic carbocycles. The Morgan fingerprint density at radius 3 is 2.86 bits per heavy atom. The van der Waals surface area contributed by atoms with E-state index in [9.17, 15) is 0 Å². The number of hydrogen-bond acceptors (Lipinski definition) is 4. The van der Waals surface area contributed by atoms with E-state index in [4.69, 9.17) is 14.2 Å². The molecule has 3 atom stereocenters. The molecule has 0 aromatic heterocycles. The van der Waals surface area contributed by atoms with E-state index in [2.05, 4.69) is 36.1 Å². The number of ether oxygens (including phenoxy) is 3. The first-order valence-corrected chi connectivity index (χ1v) is 8.43. The van der Waals surface area contributed by atoms with Crippen molar-refractivity contribution in [1.29, 1.82) is 0 Å². The van der Waals surface area contributed by atoms with E-state index in [1.54, 1.807) is 0 Å². The zero-order chi connectivity index (χ0) is 15.2. The van der Waals surface area contributed by atoms with Crippen molar-refractivity contribution >= 4 is 0 Å². The largest absolute Gasteiger partial charge is 0.377 e. The summed E-state index contributed by atoms with van der Waals surface area (Å²) >= 11 is 0. The van der Waals surface area contributed by atoms with E-state index in [0.717, 1.165) is 45.9 Å². The van der Waals surface area contributed by atoms with E-state index in [-0.39, 0.29) is 6.10 Å². The maximum atomic E-state index is 5.99. The average Bonchev–Trinajstić information content (AvgIpc) is 3.07. The van der Waals surface area contributed by atoms with Crippen LogP contribution in [-0.2, 0) is 14.2 Å². The minimum atomic E-state index is 0.176. The molecule has 0 radical (unpaired) electrons. The molecule has 1 aromatic carbocycles. The van der Waals surface area contributed by atoms with Gasteiger partial charge in [-0.15, -0.1) is 0 Å².